The number of rotatable bonds is 4. The predicted molar refractivity (Wildman–Crippen MR) is 84.3 cm³/mol. The number of ether oxygens (including phenoxy) is 2. The van der Waals surface area contributed by atoms with Crippen LogP contribution in [0.3, 0.4) is 0 Å². The van der Waals surface area contributed by atoms with Crippen molar-refractivity contribution in [3.05, 3.63) is 43.5 Å². The Morgan fingerprint density at radius 2 is 1.95 bits per heavy atom. The van der Waals surface area contributed by atoms with Crippen molar-refractivity contribution in [1.29, 1.82) is 0 Å². The highest BCUT2D eigenvalue weighted by molar-refractivity contribution is 9.10. The van der Waals surface area contributed by atoms with Gasteiger partial charge in [-0.25, -0.2) is 0 Å². The van der Waals surface area contributed by atoms with Crippen LogP contribution >= 0.6 is 50.5 Å². The second-order valence-electron chi connectivity index (χ2n) is 3.70. The normalized spacial score (nSPS) is 12.3. The molecule has 0 radical (unpaired) electrons. The molecule has 0 aliphatic carbocycles. The standard InChI is InChI=1S/C13H11BrCl2O2S/c1-17-9-4-3-7(12(18-2)10(9)14)11(16)13-8(15)5-6-19-13/h3-6,11H,1-2H3. The average Bonchev–Trinajstić information content (AvgIpc) is 2.83. The zero-order valence-corrected chi connectivity index (χ0v) is 14.2. The molecular formula is C13H11BrCl2O2S. The maximum Gasteiger partial charge on any atom is 0.141 e. The van der Waals surface area contributed by atoms with E-state index >= 15 is 0 Å². The van der Waals surface area contributed by atoms with E-state index in [0.29, 0.717) is 16.5 Å². The lowest BCUT2D eigenvalue weighted by Crippen LogP contribution is -1.98. The predicted octanol–water partition coefficient (Wildman–Crippen LogP) is 5.51. The molecule has 0 saturated carbocycles. The van der Waals surface area contributed by atoms with Gasteiger partial charge in [-0.05, 0) is 39.5 Å². The minimum Gasteiger partial charge on any atom is -0.495 e. The molecule has 1 atom stereocenters. The van der Waals surface area contributed by atoms with Gasteiger partial charge in [-0.2, -0.15) is 0 Å². The molecule has 0 fully saturated rings. The molecule has 1 aromatic carbocycles. The summed E-state index contributed by atoms with van der Waals surface area (Å²) in [6, 6.07) is 5.57. The Kier molecular flexibility index (Phi) is 5.01. The summed E-state index contributed by atoms with van der Waals surface area (Å²) >= 11 is 17.6. The summed E-state index contributed by atoms with van der Waals surface area (Å²) in [6.45, 7) is 0. The molecule has 1 heterocycles. The van der Waals surface area contributed by atoms with Crippen molar-refractivity contribution >= 4 is 50.5 Å². The molecule has 2 nitrogen and oxygen atoms in total. The van der Waals surface area contributed by atoms with Crippen LogP contribution in [0.25, 0.3) is 0 Å². The van der Waals surface area contributed by atoms with E-state index in [9.17, 15) is 0 Å². The van der Waals surface area contributed by atoms with Crippen LogP contribution in [0.2, 0.25) is 5.02 Å². The SMILES string of the molecule is COc1ccc(C(Cl)c2sccc2Cl)c(OC)c1Br. The molecule has 102 valence electrons. The quantitative estimate of drug-likeness (QED) is 0.650. The molecule has 0 amide bonds. The van der Waals surface area contributed by atoms with Gasteiger partial charge in [-0.3, -0.25) is 0 Å². The minimum atomic E-state index is -0.357. The van der Waals surface area contributed by atoms with Gasteiger partial charge in [0, 0.05) is 10.4 Å². The second-order valence-corrected chi connectivity index (χ2v) is 6.28. The summed E-state index contributed by atoms with van der Waals surface area (Å²) in [5.74, 6) is 1.35. The highest BCUT2D eigenvalue weighted by atomic mass is 79.9. The summed E-state index contributed by atoms with van der Waals surface area (Å²) < 4.78 is 11.4. The largest absolute Gasteiger partial charge is 0.495 e. The Morgan fingerprint density at radius 1 is 1.21 bits per heavy atom. The molecular weight excluding hydrogens is 371 g/mol. The molecule has 1 aromatic heterocycles. The van der Waals surface area contributed by atoms with E-state index in [1.165, 1.54) is 11.3 Å². The van der Waals surface area contributed by atoms with E-state index in [1.807, 2.05) is 23.6 Å². The van der Waals surface area contributed by atoms with Crippen LogP contribution in [0.4, 0.5) is 0 Å². The molecule has 1 unspecified atom stereocenters. The van der Waals surface area contributed by atoms with E-state index in [-0.39, 0.29) is 5.38 Å². The summed E-state index contributed by atoms with van der Waals surface area (Å²) in [6.07, 6.45) is 0. The fraction of sp³-hybridized carbons (Fsp3) is 0.231. The van der Waals surface area contributed by atoms with Crippen LogP contribution in [-0.4, -0.2) is 14.2 Å². The summed E-state index contributed by atoms with van der Waals surface area (Å²) in [4.78, 5) is 0.902. The zero-order valence-electron chi connectivity index (χ0n) is 10.2. The highest BCUT2D eigenvalue weighted by Gasteiger charge is 2.22. The van der Waals surface area contributed by atoms with E-state index in [0.717, 1.165) is 14.9 Å². The summed E-state index contributed by atoms with van der Waals surface area (Å²) in [5.41, 5.74) is 0.848. The lowest BCUT2D eigenvalue weighted by Gasteiger charge is -2.16. The van der Waals surface area contributed by atoms with Gasteiger partial charge in [-0.15, -0.1) is 22.9 Å². The van der Waals surface area contributed by atoms with Gasteiger partial charge in [0.05, 0.1) is 24.6 Å². The first-order valence-electron chi connectivity index (χ1n) is 5.37. The first kappa shape index (κ1) is 15.0. The van der Waals surface area contributed by atoms with Gasteiger partial charge >= 0.3 is 0 Å². The van der Waals surface area contributed by atoms with Crippen molar-refractivity contribution in [2.75, 3.05) is 14.2 Å². The lowest BCUT2D eigenvalue weighted by atomic mass is 10.1. The summed E-state index contributed by atoms with van der Waals surface area (Å²) in [5, 5.41) is 2.22. The number of benzene rings is 1. The average molecular weight is 382 g/mol. The summed E-state index contributed by atoms with van der Waals surface area (Å²) in [7, 11) is 3.20. The number of hydrogen-bond donors (Lipinski definition) is 0. The maximum atomic E-state index is 6.51. The topological polar surface area (TPSA) is 18.5 Å². The number of hydrogen-bond acceptors (Lipinski definition) is 3. The van der Waals surface area contributed by atoms with Crippen LogP contribution < -0.4 is 9.47 Å². The third-order valence-corrected chi connectivity index (χ3v) is 5.42. The van der Waals surface area contributed by atoms with Crippen molar-refractivity contribution in [3.63, 3.8) is 0 Å². The molecule has 0 spiro atoms. The van der Waals surface area contributed by atoms with Gasteiger partial charge < -0.3 is 9.47 Å². The first-order valence-corrected chi connectivity index (χ1v) is 7.86. The van der Waals surface area contributed by atoms with E-state index in [1.54, 1.807) is 14.2 Å². The van der Waals surface area contributed by atoms with Crippen molar-refractivity contribution in [1.82, 2.24) is 0 Å². The van der Waals surface area contributed by atoms with E-state index < -0.39 is 0 Å². The Labute approximate surface area is 134 Å². The van der Waals surface area contributed by atoms with Gasteiger partial charge in [0.25, 0.3) is 0 Å². The molecule has 0 aliphatic rings. The highest BCUT2D eigenvalue weighted by Crippen LogP contribution is 2.45. The van der Waals surface area contributed by atoms with Crippen molar-refractivity contribution in [2.24, 2.45) is 0 Å². The fourth-order valence-electron chi connectivity index (χ4n) is 1.75. The Bertz CT molecular complexity index is 586. The molecule has 2 rings (SSSR count). The van der Waals surface area contributed by atoms with Crippen molar-refractivity contribution < 1.29 is 9.47 Å². The zero-order chi connectivity index (χ0) is 14.0. The lowest BCUT2D eigenvalue weighted by molar-refractivity contribution is 0.386. The third-order valence-electron chi connectivity index (χ3n) is 2.66. The molecule has 19 heavy (non-hydrogen) atoms. The minimum absolute atomic E-state index is 0.357. The first-order chi connectivity index (χ1) is 9.10. The molecule has 6 heteroatoms. The maximum absolute atomic E-state index is 6.51. The molecule has 0 saturated heterocycles. The number of methoxy groups -OCH3 is 2. The molecule has 2 aromatic rings. The smallest absolute Gasteiger partial charge is 0.141 e. The van der Waals surface area contributed by atoms with Crippen LogP contribution in [0, 0.1) is 0 Å². The Morgan fingerprint density at radius 3 is 2.47 bits per heavy atom. The molecule has 0 aliphatic heterocycles. The Balaban J connectivity index is 2.51. The van der Waals surface area contributed by atoms with Crippen molar-refractivity contribution in [2.45, 2.75) is 5.38 Å². The van der Waals surface area contributed by atoms with Crippen molar-refractivity contribution in [3.8, 4) is 11.5 Å². The van der Waals surface area contributed by atoms with E-state index in [2.05, 4.69) is 15.9 Å². The van der Waals surface area contributed by atoms with Gasteiger partial charge in [0.1, 0.15) is 16.0 Å². The van der Waals surface area contributed by atoms with E-state index in [4.69, 9.17) is 32.7 Å². The monoisotopic (exact) mass is 380 g/mol. The van der Waals surface area contributed by atoms with Gasteiger partial charge in [0.15, 0.2) is 0 Å². The van der Waals surface area contributed by atoms with Crippen LogP contribution in [0.5, 0.6) is 11.5 Å². The van der Waals surface area contributed by atoms with Gasteiger partial charge in [-0.1, -0.05) is 11.6 Å². The van der Waals surface area contributed by atoms with Crippen LogP contribution in [0.1, 0.15) is 15.8 Å². The second kappa shape index (κ2) is 6.35. The molecule has 0 N–H and O–H groups in total. The van der Waals surface area contributed by atoms with Crippen LogP contribution in [-0.2, 0) is 0 Å². The van der Waals surface area contributed by atoms with Crippen LogP contribution in [0.15, 0.2) is 28.1 Å². The molecule has 0 bridgehead atoms. The van der Waals surface area contributed by atoms with Gasteiger partial charge in [0.2, 0.25) is 0 Å². The third kappa shape index (κ3) is 2.87. The number of alkyl halides is 1. The number of thiophene rings is 1. The number of halogens is 3. The fourth-order valence-corrected chi connectivity index (χ4v) is 4.09. The Hall–Kier alpha value is -0.420.